The molecule has 1 aliphatic heterocycles. The lowest BCUT2D eigenvalue weighted by Gasteiger charge is -2.41. The first kappa shape index (κ1) is 17.7. The Morgan fingerprint density at radius 3 is 2.61 bits per heavy atom. The number of nitrogens with one attached hydrogen (secondary N) is 2. The number of amides is 1. The number of anilines is 1. The van der Waals surface area contributed by atoms with Gasteiger partial charge in [0, 0.05) is 17.3 Å². The van der Waals surface area contributed by atoms with E-state index in [0.29, 0.717) is 6.04 Å². The number of hydrogen-bond acceptors (Lipinski definition) is 2. The van der Waals surface area contributed by atoms with Crippen LogP contribution in [0, 0.1) is 5.82 Å². The minimum atomic E-state index is -0.186. The van der Waals surface area contributed by atoms with Gasteiger partial charge in [-0.1, -0.05) is 25.0 Å². The van der Waals surface area contributed by atoms with Gasteiger partial charge in [0.2, 0.25) is 0 Å². The Hall–Kier alpha value is -2.36. The van der Waals surface area contributed by atoms with E-state index in [1.54, 1.807) is 12.1 Å². The highest BCUT2D eigenvalue weighted by molar-refractivity contribution is 5.95. The normalized spacial score (nSPS) is 23.0. The fraction of sp³-hybridized carbons (Fsp3) is 0.458. The van der Waals surface area contributed by atoms with Crippen LogP contribution in [0.15, 0.2) is 42.5 Å². The Labute approximate surface area is 165 Å². The summed E-state index contributed by atoms with van der Waals surface area (Å²) in [4.78, 5) is 12.7. The first-order chi connectivity index (χ1) is 13.6. The fourth-order valence-electron chi connectivity index (χ4n) is 5.26. The van der Waals surface area contributed by atoms with E-state index in [9.17, 15) is 9.18 Å². The van der Waals surface area contributed by atoms with E-state index in [0.717, 1.165) is 48.9 Å². The van der Waals surface area contributed by atoms with Gasteiger partial charge >= 0.3 is 0 Å². The summed E-state index contributed by atoms with van der Waals surface area (Å²) < 4.78 is 13.8. The van der Waals surface area contributed by atoms with Gasteiger partial charge in [-0.3, -0.25) is 4.79 Å². The maximum absolute atomic E-state index is 13.8. The third-order valence-corrected chi connectivity index (χ3v) is 7.03. The molecule has 1 heterocycles. The molecule has 5 rings (SSSR count). The van der Waals surface area contributed by atoms with Gasteiger partial charge in [0.1, 0.15) is 5.82 Å². The molecule has 28 heavy (non-hydrogen) atoms. The average molecular weight is 378 g/mol. The molecule has 3 nitrogen and oxygen atoms in total. The van der Waals surface area contributed by atoms with Crippen molar-refractivity contribution in [2.75, 3.05) is 5.32 Å². The molecule has 1 atom stereocenters. The molecule has 2 N–H and O–H groups in total. The summed E-state index contributed by atoms with van der Waals surface area (Å²) in [5, 5.41) is 6.78. The third kappa shape index (κ3) is 3.09. The van der Waals surface area contributed by atoms with Crippen LogP contribution in [-0.4, -0.2) is 11.9 Å². The standard InChI is InChI=1S/C24H27FN2O/c25-18-6-3-5-16(13-18)22-15-24(11-1-2-12-24)20-14-17(9-10-21(20)27-22)23(28)26-19-7-4-8-19/h3,5-6,9-10,13-14,19,22,27H,1-2,4,7-8,11-12,15H2,(H,26,28). The SMILES string of the molecule is O=C(NC1CCC1)c1ccc2c(c1)C1(CCCC1)CC(c1cccc(F)c1)N2. The van der Waals surface area contributed by atoms with Gasteiger partial charge in [0.15, 0.2) is 0 Å². The lowest BCUT2D eigenvalue weighted by molar-refractivity contribution is 0.0916. The second kappa shape index (κ2) is 6.91. The smallest absolute Gasteiger partial charge is 0.251 e. The summed E-state index contributed by atoms with van der Waals surface area (Å²) >= 11 is 0. The predicted molar refractivity (Wildman–Crippen MR) is 109 cm³/mol. The lowest BCUT2D eigenvalue weighted by atomic mass is 9.69. The molecule has 3 aliphatic rings. The minimum absolute atomic E-state index is 0.0490. The van der Waals surface area contributed by atoms with Crippen molar-refractivity contribution in [3.63, 3.8) is 0 Å². The number of fused-ring (bicyclic) bond motifs is 2. The highest BCUT2D eigenvalue weighted by Crippen LogP contribution is 2.53. The summed E-state index contributed by atoms with van der Waals surface area (Å²) in [7, 11) is 0. The van der Waals surface area contributed by atoms with Crippen LogP contribution in [0.25, 0.3) is 0 Å². The van der Waals surface area contributed by atoms with Crippen molar-refractivity contribution in [3.8, 4) is 0 Å². The Balaban J connectivity index is 1.48. The first-order valence-corrected chi connectivity index (χ1v) is 10.6. The van der Waals surface area contributed by atoms with Crippen LogP contribution < -0.4 is 10.6 Å². The van der Waals surface area contributed by atoms with Crippen LogP contribution in [-0.2, 0) is 5.41 Å². The topological polar surface area (TPSA) is 41.1 Å². The van der Waals surface area contributed by atoms with Crippen molar-refractivity contribution in [2.45, 2.75) is 68.9 Å². The van der Waals surface area contributed by atoms with Crippen molar-refractivity contribution >= 4 is 11.6 Å². The number of carbonyl (C=O) groups excluding carboxylic acids is 1. The van der Waals surface area contributed by atoms with Crippen LogP contribution in [0.5, 0.6) is 0 Å². The van der Waals surface area contributed by atoms with Gasteiger partial charge < -0.3 is 10.6 Å². The van der Waals surface area contributed by atoms with Crippen LogP contribution in [0.1, 0.15) is 78.9 Å². The molecule has 1 unspecified atom stereocenters. The quantitative estimate of drug-likeness (QED) is 0.743. The summed E-state index contributed by atoms with van der Waals surface area (Å²) in [6, 6.07) is 13.5. The highest BCUT2D eigenvalue weighted by Gasteiger charge is 2.43. The molecule has 2 aliphatic carbocycles. The number of benzene rings is 2. The van der Waals surface area contributed by atoms with E-state index in [-0.39, 0.29) is 23.2 Å². The number of carbonyl (C=O) groups is 1. The fourth-order valence-corrected chi connectivity index (χ4v) is 5.26. The third-order valence-electron chi connectivity index (χ3n) is 7.03. The molecule has 4 heteroatoms. The number of rotatable bonds is 3. The van der Waals surface area contributed by atoms with Gasteiger partial charge in [-0.25, -0.2) is 4.39 Å². The average Bonchev–Trinajstić information content (AvgIpc) is 3.13. The molecule has 2 aromatic rings. The van der Waals surface area contributed by atoms with E-state index >= 15 is 0 Å². The summed E-state index contributed by atoms with van der Waals surface area (Å²) in [5.74, 6) is -0.138. The maximum atomic E-state index is 13.8. The van der Waals surface area contributed by atoms with E-state index in [1.165, 1.54) is 30.9 Å². The highest BCUT2D eigenvalue weighted by atomic mass is 19.1. The van der Waals surface area contributed by atoms with Crippen molar-refractivity contribution in [2.24, 2.45) is 0 Å². The molecule has 2 fully saturated rings. The van der Waals surface area contributed by atoms with Gasteiger partial charge in [-0.05, 0) is 85.4 Å². The second-order valence-corrected chi connectivity index (χ2v) is 8.81. The molecular weight excluding hydrogens is 351 g/mol. The van der Waals surface area contributed by atoms with Gasteiger partial charge in [-0.2, -0.15) is 0 Å². The number of halogens is 1. The first-order valence-electron chi connectivity index (χ1n) is 10.6. The van der Waals surface area contributed by atoms with Crippen LogP contribution in [0.2, 0.25) is 0 Å². The van der Waals surface area contributed by atoms with Gasteiger partial charge in [-0.15, -0.1) is 0 Å². The minimum Gasteiger partial charge on any atom is -0.378 e. The Kier molecular flexibility index (Phi) is 4.37. The molecule has 146 valence electrons. The zero-order chi connectivity index (χ0) is 19.1. The zero-order valence-corrected chi connectivity index (χ0v) is 16.1. The van der Waals surface area contributed by atoms with E-state index < -0.39 is 0 Å². The van der Waals surface area contributed by atoms with Gasteiger partial charge in [0.25, 0.3) is 5.91 Å². The Morgan fingerprint density at radius 1 is 1.07 bits per heavy atom. The van der Waals surface area contributed by atoms with Crippen molar-refractivity contribution in [1.29, 1.82) is 0 Å². The number of hydrogen-bond donors (Lipinski definition) is 2. The lowest BCUT2D eigenvalue weighted by Crippen LogP contribution is -2.40. The monoisotopic (exact) mass is 378 g/mol. The molecule has 0 aromatic heterocycles. The maximum Gasteiger partial charge on any atom is 0.251 e. The predicted octanol–water partition coefficient (Wildman–Crippen LogP) is 5.48. The molecule has 0 bridgehead atoms. The van der Waals surface area contributed by atoms with Crippen LogP contribution in [0.4, 0.5) is 10.1 Å². The second-order valence-electron chi connectivity index (χ2n) is 8.81. The van der Waals surface area contributed by atoms with Gasteiger partial charge in [0.05, 0.1) is 6.04 Å². The van der Waals surface area contributed by atoms with E-state index in [2.05, 4.69) is 22.8 Å². The molecule has 0 saturated heterocycles. The van der Waals surface area contributed by atoms with Crippen molar-refractivity contribution < 1.29 is 9.18 Å². The molecule has 0 radical (unpaired) electrons. The zero-order valence-electron chi connectivity index (χ0n) is 16.1. The molecule has 1 amide bonds. The Morgan fingerprint density at radius 2 is 1.89 bits per heavy atom. The van der Waals surface area contributed by atoms with Crippen LogP contribution in [0.3, 0.4) is 0 Å². The molecule has 1 spiro atoms. The Bertz CT molecular complexity index is 899. The summed E-state index contributed by atoms with van der Waals surface area (Å²) in [6.07, 6.45) is 9.07. The molecule has 2 aromatic carbocycles. The van der Waals surface area contributed by atoms with E-state index in [1.807, 2.05) is 12.1 Å². The molecule has 2 saturated carbocycles. The van der Waals surface area contributed by atoms with Crippen molar-refractivity contribution in [1.82, 2.24) is 5.32 Å². The van der Waals surface area contributed by atoms with E-state index in [4.69, 9.17) is 0 Å². The molecular formula is C24H27FN2O. The largest absolute Gasteiger partial charge is 0.378 e. The summed E-state index contributed by atoms with van der Waals surface area (Å²) in [6.45, 7) is 0. The van der Waals surface area contributed by atoms with Crippen LogP contribution >= 0.6 is 0 Å². The summed E-state index contributed by atoms with van der Waals surface area (Å²) in [5.41, 5.74) is 4.23. The van der Waals surface area contributed by atoms with Crippen molar-refractivity contribution in [3.05, 3.63) is 65.0 Å².